The van der Waals surface area contributed by atoms with Crippen molar-refractivity contribution in [1.29, 1.82) is 0 Å². The molecule has 0 aliphatic carbocycles. The van der Waals surface area contributed by atoms with E-state index in [1.807, 2.05) is 0 Å². The zero-order valence-corrected chi connectivity index (χ0v) is 9.09. The van der Waals surface area contributed by atoms with Gasteiger partial charge in [-0.25, -0.2) is 4.98 Å². The van der Waals surface area contributed by atoms with Gasteiger partial charge in [-0.05, 0) is 24.3 Å². The van der Waals surface area contributed by atoms with E-state index in [1.165, 1.54) is 24.3 Å². The van der Waals surface area contributed by atoms with E-state index >= 15 is 0 Å². The summed E-state index contributed by atoms with van der Waals surface area (Å²) in [5, 5.41) is 0. The summed E-state index contributed by atoms with van der Waals surface area (Å²) < 4.78 is 43.1. The molecule has 6 nitrogen and oxygen atoms in total. The van der Waals surface area contributed by atoms with Gasteiger partial charge in [0.2, 0.25) is 0 Å². The van der Waals surface area contributed by atoms with Crippen LogP contribution in [0.3, 0.4) is 0 Å². The van der Waals surface area contributed by atoms with Crippen LogP contribution in [0.25, 0.3) is 11.4 Å². The Morgan fingerprint density at radius 2 is 1.76 bits per heavy atom. The topological polar surface area (TPSA) is 93.0 Å². The minimum absolute atomic E-state index is 0.0828. The molecule has 0 bridgehead atoms. The summed E-state index contributed by atoms with van der Waals surface area (Å²) in [6, 6.07) is 5.06. The van der Waals surface area contributed by atoms with Crippen molar-refractivity contribution in [3.63, 3.8) is 0 Å². The molecule has 2 rings (SSSR count). The Kier molecular flexibility index (Phi) is 2.82. The molecule has 88 valence electrons. The summed E-state index contributed by atoms with van der Waals surface area (Å²) in [6.07, 6.45) is 0.0859. The molecule has 0 fully saturated rings. The lowest BCUT2D eigenvalue weighted by molar-refractivity contribution is 0.483. The molecule has 0 aliphatic rings. The van der Waals surface area contributed by atoms with Crippen molar-refractivity contribution in [3.05, 3.63) is 36.7 Å². The number of rotatable bonds is 2. The van der Waals surface area contributed by atoms with Gasteiger partial charge in [0.05, 0.1) is 4.90 Å². The monoisotopic (exact) mass is 255 g/mol. The van der Waals surface area contributed by atoms with Gasteiger partial charge in [-0.15, -0.1) is 0 Å². The molecular formula is C9H6FN3O3S. The fourth-order valence-electron chi connectivity index (χ4n) is 1.19. The normalized spacial score (nSPS) is 11.4. The summed E-state index contributed by atoms with van der Waals surface area (Å²) in [7, 11) is -4.24. The molecule has 1 N–H and O–H groups in total. The van der Waals surface area contributed by atoms with Crippen LogP contribution in [-0.2, 0) is 10.1 Å². The first-order chi connectivity index (χ1) is 7.97. The standard InChI is InChI=1S/C9H6FN3O3S/c10-9-12-5-11-8(13-9)6-1-3-7(4-2-6)17(14,15)16/h1-5H,(H,14,15,16). The van der Waals surface area contributed by atoms with Gasteiger partial charge < -0.3 is 0 Å². The zero-order valence-electron chi connectivity index (χ0n) is 8.28. The van der Waals surface area contributed by atoms with Crippen LogP contribution in [0.1, 0.15) is 0 Å². The van der Waals surface area contributed by atoms with Crippen molar-refractivity contribution in [2.45, 2.75) is 4.90 Å². The molecule has 0 atom stereocenters. The van der Waals surface area contributed by atoms with Crippen LogP contribution in [0, 0.1) is 6.08 Å². The fraction of sp³-hybridized carbons (Fsp3) is 0. The van der Waals surface area contributed by atoms with E-state index in [0.29, 0.717) is 5.56 Å². The Balaban J connectivity index is 2.43. The van der Waals surface area contributed by atoms with Gasteiger partial charge in [0, 0.05) is 5.56 Å². The van der Waals surface area contributed by atoms with E-state index in [2.05, 4.69) is 15.0 Å². The SMILES string of the molecule is O=S(=O)(O)c1ccc(-c2ncnc(F)n2)cc1. The predicted octanol–water partition coefficient (Wildman–Crippen LogP) is 0.924. The molecule has 2 aromatic rings. The highest BCUT2D eigenvalue weighted by Gasteiger charge is 2.10. The first kappa shape index (κ1) is 11.6. The third-order valence-electron chi connectivity index (χ3n) is 1.95. The van der Waals surface area contributed by atoms with E-state index in [9.17, 15) is 12.8 Å². The molecule has 1 heterocycles. The first-order valence-corrected chi connectivity index (χ1v) is 5.83. The number of benzene rings is 1. The maximum atomic E-state index is 12.7. The minimum atomic E-state index is -4.24. The van der Waals surface area contributed by atoms with Crippen LogP contribution in [0.2, 0.25) is 0 Å². The van der Waals surface area contributed by atoms with Crippen molar-refractivity contribution in [3.8, 4) is 11.4 Å². The minimum Gasteiger partial charge on any atom is -0.282 e. The Morgan fingerprint density at radius 1 is 1.12 bits per heavy atom. The van der Waals surface area contributed by atoms with Crippen molar-refractivity contribution >= 4 is 10.1 Å². The summed E-state index contributed by atoms with van der Waals surface area (Å²) in [6.45, 7) is 0. The molecule has 0 aliphatic heterocycles. The van der Waals surface area contributed by atoms with E-state index in [0.717, 1.165) is 6.33 Å². The maximum Gasteiger partial charge on any atom is 0.312 e. The predicted molar refractivity (Wildman–Crippen MR) is 55.0 cm³/mol. The quantitative estimate of drug-likeness (QED) is 0.802. The molecule has 1 aromatic heterocycles. The van der Waals surface area contributed by atoms with Crippen molar-refractivity contribution < 1.29 is 17.4 Å². The third-order valence-corrected chi connectivity index (χ3v) is 2.82. The molecular weight excluding hydrogens is 249 g/mol. The summed E-state index contributed by atoms with van der Waals surface area (Å²) in [5.41, 5.74) is 0.415. The average Bonchev–Trinajstić information content (AvgIpc) is 2.28. The first-order valence-electron chi connectivity index (χ1n) is 4.39. The van der Waals surface area contributed by atoms with Gasteiger partial charge in [0.15, 0.2) is 5.82 Å². The lowest BCUT2D eigenvalue weighted by Gasteiger charge is -2.00. The van der Waals surface area contributed by atoms with Crippen LogP contribution in [0.4, 0.5) is 4.39 Å². The van der Waals surface area contributed by atoms with E-state index < -0.39 is 16.2 Å². The molecule has 0 spiro atoms. The molecule has 0 radical (unpaired) electrons. The van der Waals surface area contributed by atoms with E-state index in [-0.39, 0.29) is 10.7 Å². The Morgan fingerprint density at radius 3 is 2.29 bits per heavy atom. The number of hydrogen-bond donors (Lipinski definition) is 1. The molecule has 0 unspecified atom stereocenters. The van der Waals surface area contributed by atoms with Crippen LogP contribution in [-0.4, -0.2) is 27.9 Å². The number of halogens is 1. The highest BCUT2D eigenvalue weighted by atomic mass is 32.2. The summed E-state index contributed by atoms with van der Waals surface area (Å²) in [5.74, 6) is 0.0828. The van der Waals surface area contributed by atoms with E-state index in [1.54, 1.807) is 0 Å². The van der Waals surface area contributed by atoms with Gasteiger partial charge in [0.1, 0.15) is 6.33 Å². The molecule has 0 saturated carbocycles. The molecule has 0 saturated heterocycles. The summed E-state index contributed by atoms with van der Waals surface area (Å²) in [4.78, 5) is 10.1. The Labute approximate surface area is 95.9 Å². The fourth-order valence-corrected chi connectivity index (χ4v) is 1.67. The van der Waals surface area contributed by atoms with Gasteiger partial charge >= 0.3 is 6.08 Å². The van der Waals surface area contributed by atoms with Crippen LogP contribution >= 0.6 is 0 Å². The van der Waals surface area contributed by atoms with Gasteiger partial charge in [-0.3, -0.25) is 4.55 Å². The van der Waals surface area contributed by atoms with Crippen LogP contribution in [0.15, 0.2) is 35.5 Å². The lowest BCUT2D eigenvalue weighted by atomic mass is 10.2. The molecule has 1 aromatic carbocycles. The van der Waals surface area contributed by atoms with Crippen molar-refractivity contribution in [2.24, 2.45) is 0 Å². The molecule has 0 amide bonds. The van der Waals surface area contributed by atoms with Crippen LogP contribution in [0.5, 0.6) is 0 Å². The highest BCUT2D eigenvalue weighted by molar-refractivity contribution is 7.85. The number of aromatic nitrogens is 3. The Hall–Kier alpha value is -1.93. The van der Waals surface area contributed by atoms with Gasteiger partial charge in [0.25, 0.3) is 10.1 Å². The smallest absolute Gasteiger partial charge is 0.282 e. The second kappa shape index (κ2) is 4.15. The van der Waals surface area contributed by atoms with Crippen molar-refractivity contribution in [2.75, 3.05) is 0 Å². The van der Waals surface area contributed by atoms with Crippen LogP contribution < -0.4 is 0 Å². The van der Waals surface area contributed by atoms with Gasteiger partial charge in [-0.1, -0.05) is 0 Å². The third kappa shape index (κ3) is 2.60. The van der Waals surface area contributed by atoms with E-state index in [4.69, 9.17) is 4.55 Å². The van der Waals surface area contributed by atoms with Crippen molar-refractivity contribution in [1.82, 2.24) is 15.0 Å². The zero-order chi connectivity index (χ0) is 12.5. The van der Waals surface area contributed by atoms with Gasteiger partial charge in [-0.2, -0.15) is 22.8 Å². The molecule has 17 heavy (non-hydrogen) atoms. The number of nitrogens with zero attached hydrogens (tertiary/aromatic N) is 3. The maximum absolute atomic E-state index is 12.7. The second-order valence-corrected chi connectivity index (χ2v) is 4.50. The molecule has 8 heteroatoms. The lowest BCUT2D eigenvalue weighted by Crippen LogP contribution is -1.98. The number of hydrogen-bond acceptors (Lipinski definition) is 5. The summed E-state index contributed by atoms with van der Waals surface area (Å²) >= 11 is 0. The average molecular weight is 255 g/mol. The highest BCUT2D eigenvalue weighted by Crippen LogP contribution is 2.17. The Bertz CT molecular complexity index is 643. The second-order valence-electron chi connectivity index (χ2n) is 3.08. The largest absolute Gasteiger partial charge is 0.312 e.